The first-order chi connectivity index (χ1) is 5.88. The Morgan fingerprint density at radius 3 is 2.46 bits per heavy atom. The van der Waals surface area contributed by atoms with E-state index in [1.165, 1.54) is 6.42 Å². The molecule has 0 spiro atoms. The van der Waals surface area contributed by atoms with Crippen LogP contribution in [0.5, 0.6) is 0 Å². The van der Waals surface area contributed by atoms with Gasteiger partial charge in [0.2, 0.25) is 0 Å². The van der Waals surface area contributed by atoms with Crippen LogP contribution >= 0.6 is 0 Å². The molecular formula is C10H22N2O. The molecule has 1 rings (SSSR count). The quantitative estimate of drug-likeness (QED) is 0.691. The normalized spacial score (nSPS) is 25.8. The molecule has 0 amide bonds. The minimum absolute atomic E-state index is 0.554. The summed E-state index contributed by atoms with van der Waals surface area (Å²) >= 11 is 0. The van der Waals surface area contributed by atoms with Crippen LogP contribution in [0.1, 0.15) is 20.3 Å². The van der Waals surface area contributed by atoms with Crippen molar-refractivity contribution in [3.63, 3.8) is 0 Å². The first kappa shape index (κ1) is 11.0. The average molecular weight is 186 g/mol. The first-order valence-electron chi connectivity index (χ1n) is 4.99. The van der Waals surface area contributed by atoms with Gasteiger partial charge in [-0.2, -0.15) is 0 Å². The molecule has 0 aromatic heterocycles. The van der Waals surface area contributed by atoms with Crippen LogP contribution < -0.4 is 0 Å². The zero-order valence-corrected chi connectivity index (χ0v) is 9.25. The Hall–Kier alpha value is -0.120. The zero-order valence-electron chi connectivity index (χ0n) is 9.25. The second kappa shape index (κ2) is 3.95. The highest BCUT2D eigenvalue weighted by atomic mass is 16.3. The number of β-amino-alcohol motifs (C(OH)–C–C–N with tert-alkyl or cyclic N) is 1. The van der Waals surface area contributed by atoms with Crippen molar-refractivity contribution in [1.82, 2.24) is 9.80 Å². The van der Waals surface area contributed by atoms with Crippen molar-refractivity contribution in [3.05, 3.63) is 0 Å². The van der Waals surface area contributed by atoms with Gasteiger partial charge in [0.1, 0.15) is 0 Å². The average Bonchev–Trinajstić information content (AvgIpc) is 2.31. The number of aliphatic hydroxyl groups is 1. The molecule has 0 aromatic rings. The summed E-state index contributed by atoms with van der Waals surface area (Å²) in [5.41, 5.74) is -0.554. The van der Waals surface area contributed by atoms with Gasteiger partial charge >= 0.3 is 0 Å². The molecule has 1 N–H and O–H groups in total. The molecule has 1 heterocycles. The van der Waals surface area contributed by atoms with Crippen LogP contribution in [0.3, 0.4) is 0 Å². The van der Waals surface area contributed by atoms with E-state index >= 15 is 0 Å². The first-order valence-corrected chi connectivity index (χ1v) is 4.99. The predicted molar refractivity (Wildman–Crippen MR) is 54.8 cm³/mol. The predicted octanol–water partition coefficient (Wildman–Crippen LogP) is 0.393. The Kier molecular flexibility index (Phi) is 3.33. The smallest absolute Gasteiger partial charge is 0.0718 e. The molecule has 78 valence electrons. The van der Waals surface area contributed by atoms with Crippen molar-refractivity contribution in [2.75, 3.05) is 33.7 Å². The van der Waals surface area contributed by atoms with Gasteiger partial charge in [0.15, 0.2) is 0 Å². The van der Waals surface area contributed by atoms with Crippen molar-refractivity contribution in [3.8, 4) is 0 Å². The zero-order chi connectivity index (χ0) is 10.1. The number of likely N-dealkylation sites (N-methyl/N-ethyl adjacent to an activating group) is 1. The van der Waals surface area contributed by atoms with E-state index in [9.17, 15) is 5.11 Å². The van der Waals surface area contributed by atoms with Gasteiger partial charge in [-0.25, -0.2) is 0 Å². The number of hydrogen-bond donors (Lipinski definition) is 1. The van der Waals surface area contributed by atoms with Crippen LogP contribution in [0.15, 0.2) is 0 Å². The molecule has 3 heteroatoms. The number of rotatable bonds is 3. The van der Waals surface area contributed by atoms with Crippen LogP contribution in [0.2, 0.25) is 0 Å². The van der Waals surface area contributed by atoms with Crippen LogP contribution in [-0.2, 0) is 0 Å². The second-order valence-electron chi connectivity index (χ2n) is 4.95. The van der Waals surface area contributed by atoms with Crippen molar-refractivity contribution < 1.29 is 5.11 Å². The van der Waals surface area contributed by atoms with Crippen molar-refractivity contribution in [2.45, 2.75) is 31.9 Å². The lowest BCUT2D eigenvalue weighted by Gasteiger charge is -2.26. The van der Waals surface area contributed by atoms with Gasteiger partial charge in [-0.05, 0) is 40.9 Å². The number of nitrogens with zero attached hydrogens (tertiary/aromatic N) is 2. The SMILES string of the molecule is CN(C)C1CCN(CC(C)(C)O)C1. The fourth-order valence-corrected chi connectivity index (χ4v) is 1.92. The summed E-state index contributed by atoms with van der Waals surface area (Å²) in [6.07, 6.45) is 1.23. The maximum atomic E-state index is 9.65. The molecule has 1 aliphatic heterocycles. The van der Waals surface area contributed by atoms with Gasteiger partial charge in [0.05, 0.1) is 5.60 Å². The maximum absolute atomic E-state index is 9.65. The molecule has 1 atom stereocenters. The van der Waals surface area contributed by atoms with E-state index in [0.717, 1.165) is 19.6 Å². The minimum atomic E-state index is -0.554. The fourth-order valence-electron chi connectivity index (χ4n) is 1.92. The Balaban J connectivity index is 2.33. The molecule has 1 unspecified atom stereocenters. The van der Waals surface area contributed by atoms with E-state index in [1.54, 1.807) is 0 Å². The van der Waals surface area contributed by atoms with Gasteiger partial charge in [-0.3, -0.25) is 4.90 Å². The highest BCUT2D eigenvalue weighted by Gasteiger charge is 2.27. The molecule has 0 radical (unpaired) electrons. The molecule has 13 heavy (non-hydrogen) atoms. The van der Waals surface area contributed by atoms with Gasteiger partial charge in [-0.1, -0.05) is 0 Å². The van der Waals surface area contributed by atoms with E-state index in [4.69, 9.17) is 0 Å². The summed E-state index contributed by atoms with van der Waals surface area (Å²) in [4.78, 5) is 4.61. The van der Waals surface area contributed by atoms with Crippen molar-refractivity contribution in [2.24, 2.45) is 0 Å². The molecule has 0 aromatic carbocycles. The van der Waals surface area contributed by atoms with Crippen LogP contribution in [-0.4, -0.2) is 60.3 Å². The van der Waals surface area contributed by atoms with Crippen LogP contribution in [0.25, 0.3) is 0 Å². The largest absolute Gasteiger partial charge is 0.389 e. The lowest BCUT2D eigenvalue weighted by Crippen LogP contribution is -2.39. The highest BCUT2D eigenvalue weighted by molar-refractivity contribution is 4.84. The van der Waals surface area contributed by atoms with Crippen molar-refractivity contribution in [1.29, 1.82) is 0 Å². The minimum Gasteiger partial charge on any atom is -0.389 e. The van der Waals surface area contributed by atoms with E-state index in [-0.39, 0.29) is 0 Å². The molecule has 0 saturated carbocycles. The van der Waals surface area contributed by atoms with E-state index in [1.807, 2.05) is 13.8 Å². The van der Waals surface area contributed by atoms with Gasteiger partial charge in [0.25, 0.3) is 0 Å². The molecule has 3 nitrogen and oxygen atoms in total. The molecule has 0 bridgehead atoms. The summed E-state index contributed by atoms with van der Waals surface area (Å²) in [5.74, 6) is 0. The number of likely N-dealkylation sites (tertiary alicyclic amines) is 1. The van der Waals surface area contributed by atoms with Gasteiger partial charge in [0, 0.05) is 19.1 Å². The monoisotopic (exact) mass is 186 g/mol. The standard InChI is InChI=1S/C10H22N2O/c1-10(2,13)8-12-6-5-9(7-12)11(3)4/h9,13H,5-8H2,1-4H3. The summed E-state index contributed by atoms with van der Waals surface area (Å²) in [6.45, 7) is 6.74. The topological polar surface area (TPSA) is 26.7 Å². The summed E-state index contributed by atoms with van der Waals surface area (Å²) in [5, 5.41) is 9.65. The number of hydrogen-bond acceptors (Lipinski definition) is 3. The molecule has 1 saturated heterocycles. The van der Waals surface area contributed by atoms with Gasteiger partial charge < -0.3 is 10.0 Å². The van der Waals surface area contributed by atoms with E-state index in [0.29, 0.717) is 6.04 Å². The van der Waals surface area contributed by atoms with E-state index in [2.05, 4.69) is 23.9 Å². The Morgan fingerprint density at radius 2 is 2.08 bits per heavy atom. The van der Waals surface area contributed by atoms with Crippen LogP contribution in [0.4, 0.5) is 0 Å². The lowest BCUT2D eigenvalue weighted by molar-refractivity contribution is 0.0421. The Labute approximate surface area is 81.3 Å². The Morgan fingerprint density at radius 1 is 1.46 bits per heavy atom. The lowest BCUT2D eigenvalue weighted by atomic mass is 10.1. The van der Waals surface area contributed by atoms with E-state index < -0.39 is 5.60 Å². The van der Waals surface area contributed by atoms with Gasteiger partial charge in [-0.15, -0.1) is 0 Å². The molecule has 0 aliphatic carbocycles. The Bertz CT molecular complexity index is 163. The third-order valence-corrected chi connectivity index (χ3v) is 2.59. The second-order valence-corrected chi connectivity index (χ2v) is 4.95. The molecular weight excluding hydrogens is 164 g/mol. The van der Waals surface area contributed by atoms with Crippen LogP contribution in [0, 0.1) is 0 Å². The van der Waals surface area contributed by atoms with Crippen molar-refractivity contribution >= 4 is 0 Å². The summed E-state index contributed by atoms with van der Waals surface area (Å²) in [6, 6.07) is 0.669. The maximum Gasteiger partial charge on any atom is 0.0718 e. The third kappa shape index (κ3) is 3.63. The highest BCUT2D eigenvalue weighted by Crippen LogP contribution is 2.15. The third-order valence-electron chi connectivity index (χ3n) is 2.59. The molecule has 1 aliphatic rings. The molecule has 1 fully saturated rings. The summed E-state index contributed by atoms with van der Waals surface area (Å²) in [7, 11) is 4.25. The summed E-state index contributed by atoms with van der Waals surface area (Å²) < 4.78 is 0. The fraction of sp³-hybridized carbons (Fsp3) is 1.00.